The van der Waals surface area contributed by atoms with Crippen molar-refractivity contribution in [1.29, 1.82) is 0 Å². The van der Waals surface area contributed by atoms with Gasteiger partial charge in [0.15, 0.2) is 0 Å². The molecule has 1 aromatic rings. The van der Waals surface area contributed by atoms with E-state index in [0.29, 0.717) is 0 Å². The van der Waals surface area contributed by atoms with Crippen LogP contribution in [0.4, 0.5) is 0 Å². The van der Waals surface area contributed by atoms with Gasteiger partial charge in [-0.15, -0.1) is 0 Å². The molecular formula is C14H12O. The van der Waals surface area contributed by atoms with Crippen molar-refractivity contribution in [2.45, 2.75) is 12.8 Å². The van der Waals surface area contributed by atoms with Crippen LogP contribution in [0, 0.1) is 0 Å². The number of benzene rings is 1. The minimum atomic E-state index is 1.00. The van der Waals surface area contributed by atoms with Crippen molar-refractivity contribution < 1.29 is 4.74 Å². The average molecular weight is 196 g/mol. The van der Waals surface area contributed by atoms with E-state index in [9.17, 15) is 0 Å². The van der Waals surface area contributed by atoms with Gasteiger partial charge in [-0.3, -0.25) is 0 Å². The number of rotatable bonds is 0. The average Bonchev–Trinajstić information content (AvgIpc) is 2.48. The lowest BCUT2D eigenvalue weighted by atomic mass is 9.93. The second-order valence-corrected chi connectivity index (χ2v) is 3.79. The van der Waals surface area contributed by atoms with Crippen LogP contribution in [0.1, 0.15) is 24.0 Å². The Kier molecular flexibility index (Phi) is 1.95. The molecule has 0 bridgehead atoms. The maximum atomic E-state index is 5.60. The molecule has 1 aromatic carbocycles. The van der Waals surface area contributed by atoms with Gasteiger partial charge in [-0.2, -0.15) is 0 Å². The third-order valence-electron chi connectivity index (χ3n) is 2.86. The van der Waals surface area contributed by atoms with Crippen molar-refractivity contribution in [3.05, 3.63) is 59.6 Å². The van der Waals surface area contributed by atoms with Crippen LogP contribution in [-0.2, 0) is 4.74 Å². The second-order valence-electron chi connectivity index (χ2n) is 3.79. The lowest BCUT2D eigenvalue weighted by molar-refractivity contribution is 0.372. The fourth-order valence-corrected chi connectivity index (χ4v) is 2.12. The molecule has 1 heterocycles. The standard InChI is InChI=1S/C14H12O/c1-2-6-12-11(5-1)9-10-15-14-8-4-3-7-13(12)14/h1-2,4-6,8-10H,3,7H2. The second kappa shape index (κ2) is 3.43. The van der Waals surface area contributed by atoms with Crippen molar-refractivity contribution in [1.82, 2.24) is 0 Å². The van der Waals surface area contributed by atoms with Gasteiger partial charge in [-0.1, -0.05) is 30.3 Å². The van der Waals surface area contributed by atoms with Gasteiger partial charge in [0.1, 0.15) is 5.76 Å². The van der Waals surface area contributed by atoms with Crippen LogP contribution in [0.15, 0.2) is 48.4 Å². The molecule has 0 spiro atoms. The van der Waals surface area contributed by atoms with Gasteiger partial charge in [0.2, 0.25) is 0 Å². The van der Waals surface area contributed by atoms with Crippen molar-refractivity contribution >= 4 is 11.6 Å². The van der Waals surface area contributed by atoms with Crippen molar-refractivity contribution in [2.75, 3.05) is 0 Å². The van der Waals surface area contributed by atoms with Gasteiger partial charge in [0, 0.05) is 5.57 Å². The van der Waals surface area contributed by atoms with Gasteiger partial charge < -0.3 is 4.74 Å². The van der Waals surface area contributed by atoms with Crippen LogP contribution < -0.4 is 0 Å². The van der Waals surface area contributed by atoms with Gasteiger partial charge in [0.05, 0.1) is 6.26 Å². The highest BCUT2D eigenvalue weighted by Crippen LogP contribution is 2.33. The monoisotopic (exact) mass is 196 g/mol. The topological polar surface area (TPSA) is 9.23 Å². The summed E-state index contributed by atoms with van der Waals surface area (Å²) >= 11 is 0. The Hall–Kier alpha value is -1.76. The Labute approximate surface area is 89.4 Å². The predicted molar refractivity (Wildman–Crippen MR) is 61.9 cm³/mol. The largest absolute Gasteiger partial charge is 0.465 e. The molecule has 0 atom stereocenters. The van der Waals surface area contributed by atoms with Crippen LogP contribution in [0.2, 0.25) is 0 Å². The van der Waals surface area contributed by atoms with Crippen molar-refractivity contribution in [3.63, 3.8) is 0 Å². The lowest BCUT2D eigenvalue weighted by Gasteiger charge is -2.14. The van der Waals surface area contributed by atoms with Gasteiger partial charge in [-0.05, 0) is 36.1 Å². The number of fused-ring (bicyclic) bond motifs is 2. The summed E-state index contributed by atoms with van der Waals surface area (Å²) in [6, 6.07) is 8.45. The first-order valence-corrected chi connectivity index (χ1v) is 5.27. The van der Waals surface area contributed by atoms with E-state index in [1.165, 1.54) is 16.7 Å². The Morgan fingerprint density at radius 1 is 1.07 bits per heavy atom. The summed E-state index contributed by atoms with van der Waals surface area (Å²) in [6.45, 7) is 0. The molecule has 0 radical (unpaired) electrons. The van der Waals surface area contributed by atoms with E-state index in [0.717, 1.165) is 18.6 Å². The Balaban J connectivity index is 2.23. The maximum absolute atomic E-state index is 5.60. The van der Waals surface area contributed by atoms with Crippen LogP contribution in [-0.4, -0.2) is 0 Å². The molecule has 1 aliphatic heterocycles. The van der Waals surface area contributed by atoms with E-state index in [-0.39, 0.29) is 0 Å². The number of hydrogen-bond donors (Lipinski definition) is 0. The molecule has 0 fully saturated rings. The smallest absolute Gasteiger partial charge is 0.130 e. The SMILES string of the molecule is C1=CC2=C(CC1)c1ccccc1C=CO2. The molecule has 1 aliphatic carbocycles. The van der Waals surface area contributed by atoms with E-state index in [1.54, 1.807) is 6.26 Å². The molecule has 3 rings (SSSR count). The highest BCUT2D eigenvalue weighted by Gasteiger charge is 2.15. The van der Waals surface area contributed by atoms with E-state index in [1.807, 2.05) is 6.08 Å². The Morgan fingerprint density at radius 3 is 3.00 bits per heavy atom. The fourth-order valence-electron chi connectivity index (χ4n) is 2.12. The molecule has 2 aliphatic rings. The summed E-state index contributed by atoms with van der Waals surface area (Å²) < 4.78 is 5.60. The first kappa shape index (κ1) is 8.54. The molecule has 0 saturated heterocycles. The molecule has 0 N–H and O–H groups in total. The van der Waals surface area contributed by atoms with Gasteiger partial charge >= 0.3 is 0 Å². The molecule has 15 heavy (non-hydrogen) atoms. The fraction of sp³-hybridized carbons (Fsp3) is 0.143. The Bertz CT molecular complexity index is 478. The normalized spacial score (nSPS) is 17.9. The minimum Gasteiger partial charge on any atom is -0.465 e. The summed E-state index contributed by atoms with van der Waals surface area (Å²) in [5, 5.41) is 0. The number of allylic oxidation sites excluding steroid dienone is 3. The zero-order valence-corrected chi connectivity index (χ0v) is 8.44. The highest BCUT2D eigenvalue weighted by atomic mass is 16.5. The third-order valence-corrected chi connectivity index (χ3v) is 2.86. The van der Waals surface area contributed by atoms with Gasteiger partial charge in [-0.25, -0.2) is 0 Å². The summed E-state index contributed by atoms with van der Waals surface area (Å²) in [7, 11) is 0. The molecule has 0 amide bonds. The van der Waals surface area contributed by atoms with Crippen LogP contribution >= 0.6 is 0 Å². The van der Waals surface area contributed by atoms with Crippen LogP contribution in [0.3, 0.4) is 0 Å². The zero-order valence-electron chi connectivity index (χ0n) is 8.44. The third kappa shape index (κ3) is 1.40. The van der Waals surface area contributed by atoms with E-state index >= 15 is 0 Å². The van der Waals surface area contributed by atoms with Gasteiger partial charge in [0.25, 0.3) is 0 Å². The highest BCUT2D eigenvalue weighted by molar-refractivity contribution is 5.78. The van der Waals surface area contributed by atoms with E-state index in [2.05, 4.69) is 36.4 Å². The molecule has 0 unspecified atom stereocenters. The number of ether oxygens (including phenoxy) is 1. The number of hydrogen-bond acceptors (Lipinski definition) is 1. The van der Waals surface area contributed by atoms with E-state index < -0.39 is 0 Å². The first-order chi connectivity index (χ1) is 7.45. The molecule has 0 aromatic heterocycles. The molecule has 0 saturated carbocycles. The molecule has 1 nitrogen and oxygen atoms in total. The summed E-state index contributed by atoms with van der Waals surface area (Å²) in [4.78, 5) is 0. The summed E-state index contributed by atoms with van der Waals surface area (Å²) in [5.74, 6) is 1.00. The predicted octanol–water partition coefficient (Wildman–Crippen LogP) is 3.75. The van der Waals surface area contributed by atoms with Crippen LogP contribution in [0.25, 0.3) is 11.6 Å². The lowest BCUT2D eigenvalue weighted by Crippen LogP contribution is -1.95. The molecule has 74 valence electrons. The van der Waals surface area contributed by atoms with Crippen LogP contribution in [0.5, 0.6) is 0 Å². The minimum absolute atomic E-state index is 1.00. The van der Waals surface area contributed by atoms with E-state index in [4.69, 9.17) is 4.74 Å². The summed E-state index contributed by atoms with van der Waals surface area (Å²) in [5.41, 5.74) is 3.89. The Morgan fingerprint density at radius 2 is 2.00 bits per heavy atom. The summed E-state index contributed by atoms with van der Waals surface area (Å²) in [6.07, 6.45) is 10.2. The maximum Gasteiger partial charge on any atom is 0.130 e. The quantitative estimate of drug-likeness (QED) is 0.614. The first-order valence-electron chi connectivity index (χ1n) is 5.27. The molecular weight excluding hydrogens is 184 g/mol. The van der Waals surface area contributed by atoms with Crippen molar-refractivity contribution in [2.24, 2.45) is 0 Å². The van der Waals surface area contributed by atoms with Crippen molar-refractivity contribution in [3.8, 4) is 0 Å². The molecule has 1 heteroatoms. The zero-order chi connectivity index (χ0) is 10.1.